The second-order valence-electron chi connectivity index (χ2n) is 4.24. The van der Waals surface area contributed by atoms with Gasteiger partial charge in [-0.05, 0) is 37.9 Å². The molecule has 0 radical (unpaired) electrons. The van der Waals surface area contributed by atoms with Gasteiger partial charge in [-0.3, -0.25) is 4.79 Å². The summed E-state index contributed by atoms with van der Waals surface area (Å²) in [5.74, 6) is 0.262. The number of benzene rings is 1. The van der Waals surface area contributed by atoms with E-state index in [1.54, 1.807) is 12.1 Å². The first-order valence-corrected chi connectivity index (χ1v) is 9.46. The minimum atomic E-state index is -3.76. The highest BCUT2D eigenvalue weighted by molar-refractivity contribution is 9.11. The molecule has 0 saturated carbocycles. The minimum absolute atomic E-state index is 0.0358. The largest absolute Gasteiger partial charge is 0.495 e. The van der Waals surface area contributed by atoms with Crippen LogP contribution in [0.2, 0.25) is 0 Å². The zero-order chi connectivity index (χ0) is 15.1. The van der Waals surface area contributed by atoms with Crippen molar-refractivity contribution >= 4 is 63.2 Å². The molecule has 1 heterocycles. The third-order valence-electron chi connectivity index (χ3n) is 3.00. The van der Waals surface area contributed by atoms with E-state index >= 15 is 0 Å². The van der Waals surface area contributed by atoms with E-state index in [-0.39, 0.29) is 18.9 Å². The summed E-state index contributed by atoms with van der Waals surface area (Å²) in [6, 6.07) is 3.40. The number of rotatable bonds is 3. The number of nitrogens with zero attached hydrogens (tertiary/aromatic N) is 1. The van der Waals surface area contributed by atoms with E-state index in [1.807, 2.05) is 0 Å². The van der Waals surface area contributed by atoms with Crippen molar-refractivity contribution in [2.24, 2.45) is 0 Å². The van der Waals surface area contributed by atoms with E-state index < -0.39 is 14.3 Å². The molecular formula is C11H10Br2ClNO4S. The molecule has 1 aromatic rings. The summed E-state index contributed by atoms with van der Waals surface area (Å²) >= 11 is 6.69. The van der Waals surface area contributed by atoms with E-state index in [1.165, 1.54) is 12.0 Å². The van der Waals surface area contributed by atoms with Crippen LogP contribution in [-0.4, -0.2) is 33.2 Å². The predicted molar refractivity (Wildman–Crippen MR) is 83.9 cm³/mol. The Morgan fingerprint density at radius 2 is 2.00 bits per heavy atom. The van der Waals surface area contributed by atoms with Gasteiger partial charge in [0.15, 0.2) is 0 Å². The van der Waals surface area contributed by atoms with E-state index in [0.29, 0.717) is 15.9 Å². The van der Waals surface area contributed by atoms with E-state index in [0.717, 1.165) is 4.47 Å². The maximum atomic E-state index is 12.0. The molecule has 0 N–H and O–H groups in total. The number of carbonyl (C=O) groups is 1. The van der Waals surface area contributed by atoms with Crippen LogP contribution in [0.15, 0.2) is 21.1 Å². The lowest BCUT2D eigenvalue weighted by molar-refractivity contribution is -0.117. The third-order valence-corrected chi connectivity index (χ3v) is 6.12. The first-order valence-electron chi connectivity index (χ1n) is 5.51. The van der Waals surface area contributed by atoms with Crippen molar-refractivity contribution < 1.29 is 17.9 Å². The average Bonchev–Trinajstić information content (AvgIpc) is 2.71. The maximum absolute atomic E-state index is 12.0. The van der Waals surface area contributed by atoms with Gasteiger partial charge in [-0.15, -0.1) is 0 Å². The van der Waals surface area contributed by atoms with Crippen LogP contribution in [0.4, 0.5) is 5.69 Å². The highest BCUT2D eigenvalue weighted by atomic mass is 79.9. The van der Waals surface area contributed by atoms with Gasteiger partial charge < -0.3 is 9.64 Å². The Morgan fingerprint density at radius 1 is 1.35 bits per heavy atom. The zero-order valence-electron chi connectivity index (χ0n) is 10.3. The highest BCUT2D eigenvalue weighted by Gasteiger charge is 2.38. The maximum Gasteiger partial charge on any atom is 0.237 e. The minimum Gasteiger partial charge on any atom is -0.495 e. The zero-order valence-corrected chi connectivity index (χ0v) is 15.0. The molecule has 0 spiro atoms. The summed E-state index contributed by atoms with van der Waals surface area (Å²) in [7, 11) is 3.08. The van der Waals surface area contributed by atoms with Crippen molar-refractivity contribution in [3.8, 4) is 5.75 Å². The normalized spacial score (nSPS) is 19.5. The highest BCUT2D eigenvalue weighted by Crippen LogP contribution is 2.38. The lowest BCUT2D eigenvalue weighted by Crippen LogP contribution is -2.27. The fourth-order valence-electron chi connectivity index (χ4n) is 1.98. The molecule has 0 aliphatic carbocycles. The molecule has 1 fully saturated rings. The molecule has 1 aliphatic rings. The lowest BCUT2D eigenvalue weighted by Gasteiger charge is -2.19. The molecule has 1 unspecified atom stereocenters. The summed E-state index contributed by atoms with van der Waals surface area (Å²) < 4.78 is 29.3. The Kier molecular flexibility index (Phi) is 4.68. The summed E-state index contributed by atoms with van der Waals surface area (Å²) in [6.07, 6.45) is -0.114. The standard InChI is InChI=1S/C11H10Br2ClNO4S/c1-19-10-4-9(7(12)3-8(10)13)15-5-6(2-11(15)16)20(14,17)18/h3-4,6H,2,5H2,1H3. The second-order valence-corrected chi connectivity index (χ2v) is 8.86. The topological polar surface area (TPSA) is 63.7 Å². The number of amides is 1. The molecule has 5 nitrogen and oxygen atoms in total. The van der Waals surface area contributed by atoms with Crippen LogP contribution in [-0.2, 0) is 13.8 Å². The van der Waals surface area contributed by atoms with Crippen LogP contribution in [0.25, 0.3) is 0 Å². The lowest BCUT2D eigenvalue weighted by atomic mass is 10.3. The first-order chi connectivity index (χ1) is 9.24. The third kappa shape index (κ3) is 3.13. The van der Waals surface area contributed by atoms with Gasteiger partial charge in [-0.2, -0.15) is 0 Å². The number of ether oxygens (including phenoxy) is 1. The Morgan fingerprint density at radius 3 is 2.50 bits per heavy atom. The number of anilines is 1. The molecule has 0 aromatic heterocycles. The van der Waals surface area contributed by atoms with Crippen molar-refractivity contribution in [3.63, 3.8) is 0 Å². The van der Waals surface area contributed by atoms with Gasteiger partial charge in [0.05, 0.1) is 17.3 Å². The summed E-state index contributed by atoms with van der Waals surface area (Å²) in [6.45, 7) is 0.0358. The summed E-state index contributed by atoms with van der Waals surface area (Å²) in [4.78, 5) is 13.4. The first kappa shape index (κ1) is 16.1. The van der Waals surface area contributed by atoms with Gasteiger partial charge in [-0.1, -0.05) is 0 Å². The van der Waals surface area contributed by atoms with Crippen LogP contribution in [0.3, 0.4) is 0 Å². The predicted octanol–water partition coefficient (Wildman–Crippen LogP) is 2.89. The number of methoxy groups -OCH3 is 1. The van der Waals surface area contributed by atoms with Crippen LogP contribution in [0.1, 0.15) is 6.42 Å². The Bertz CT molecular complexity index is 665. The van der Waals surface area contributed by atoms with Crippen LogP contribution < -0.4 is 9.64 Å². The molecule has 1 aliphatic heterocycles. The molecule has 1 aromatic carbocycles. The average molecular weight is 448 g/mol. The van der Waals surface area contributed by atoms with Gasteiger partial charge in [0.2, 0.25) is 15.0 Å². The number of halogens is 3. The van der Waals surface area contributed by atoms with E-state index in [9.17, 15) is 13.2 Å². The van der Waals surface area contributed by atoms with Gasteiger partial charge in [0, 0.05) is 34.2 Å². The van der Waals surface area contributed by atoms with Crippen molar-refractivity contribution in [1.29, 1.82) is 0 Å². The number of hydrogen-bond donors (Lipinski definition) is 0. The molecule has 2 rings (SSSR count). The fraction of sp³-hybridized carbons (Fsp3) is 0.364. The molecule has 110 valence electrons. The van der Waals surface area contributed by atoms with Crippen molar-refractivity contribution in [3.05, 3.63) is 21.1 Å². The Hall–Kier alpha value is -0.310. The molecule has 9 heteroatoms. The summed E-state index contributed by atoms with van der Waals surface area (Å²) in [5, 5.41) is -0.891. The smallest absolute Gasteiger partial charge is 0.237 e. The van der Waals surface area contributed by atoms with Crippen molar-refractivity contribution in [1.82, 2.24) is 0 Å². The molecule has 0 bridgehead atoms. The van der Waals surface area contributed by atoms with Gasteiger partial charge >= 0.3 is 0 Å². The fourth-order valence-corrected chi connectivity index (χ4v) is 4.37. The van der Waals surface area contributed by atoms with Crippen LogP contribution in [0, 0.1) is 0 Å². The Balaban J connectivity index is 2.40. The molecule has 1 amide bonds. The quantitative estimate of drug-likeness (QED) is 0.669. The van der Waals surface area contributed by atoms with Gasteiger partial charge in [0.1, 0.15) is 11.0 Å². The van der Waals surface area contributed by atoms with Gasteiger partial charge in [0.25, 0.3) is 0 Å². The monoisotopic (exact) mass is 445 g/mol. The second kappa shape index (κ2) is 5.82. The Labute approximate surface area is 137 Å². The molecule has 1 atom stereocenters. The van der Waals surface area contributed by atoms with Crippen molar-refractivity contribution in [2.75, 3.05) is 18.6 Å². The number of carbonyl (C=O) groups excluding carboxylic acids is 1. The SMILES string of the molecule is COc1cc(N2CC(S(=O)(=O)Cl)CC2=O)c(Br)cc1Br. The van der Waals surface area contributed by atoms with Crippen LogP contribution in [0.5, 0.6) is 5.75 Å². The van der Waals surface area contributed by atoms with Crippen LogP contribution >= 0.6 is 42.5 Å². The van der Waals surface area contributed by atoms with E-state index in [2.05, 4.69) is 31.9 Å². The molecule has 1 saturated heterocycles. The number of hydrogen-bond acceptors (Lipinski definition) is 4. The summed E-state index contributed by atoms with van der Waals surface area (Å²) in [5.41, 5.74) is 0.554. The van der Waals surface area contributed by atoms with Crippen molar-refractivity contribution in [2.45, 2.75) is 11.7 Å². The molecular weight excluding hydrogens is 437 g/mol. The molecule has 20 heavy (non-hydrogen) atoms. The van der Waals surface area contributed by atoms with E-state index in [4.69, 9.17) is 15.4 Å². The van der Waals surface area contributed by atoms with Gasteiger partial charge in [-0.25, -0.2) is 8.42 Å².